The first-order valence-electron chi connectivity index (χ1n) is 4.93. The predicted octanol–water partition coefficient (Wildman–Crippen LogP) is 2.02. The highest BCUT2D eigenvalue weighted by Gasteiger charge is 2.12. The number of nitrogens with zero attached hydrogens (tertiary/aromatic N) is 2. The third kappa shape index (κ3) is 2.47. The number of aromatic nitrogens is 2. The third-order valence-corrected chi connectivity index (χ3v) is 3.11. The Morgan fingerprint density at radius 1 is 1.47 bits per heavy atom. The summed E-state index contributed by atoms with van der Waals surface area (Å²) in [6.07, 6.45) is 1.75. The molecular weight excluding hydrogens is 284 g/mol. The summed E-state index contributed by atoms with van der Waals surface area (Å²) in [6.45, 7) is 0. The second-order valence-corrected chi connectivity index (χ2v) is 4.33. The van der Waals surface area contributed by atoms with E-state index in [4.69, 9.17) is 5.73 Å². The van der Waals surface area contributed by atoms with E-state index in [2.05, 4.69) is 26.3 Å². The number of aryl methyl sites for hydroxylation is 1. The number of carbonyl (C=O) groups excluding carboxylic acids is 1. The van der Waals surface area contributed by atoms with Crippen LogP contribution in [0.15, 0.2) is 34.9 Å². The molecule has 3 N–H and O–H groups in total. The number of benzene rings is 1. The van der Waals surface area contributed by atoms with Crippen LogP contribution in [0, 0.1) is 0 Å². The van der Waals surface area contributed by atoms with Gasteiger partial charge >= 0.3 is 0 Å². The zero-order chi connectivity index (χ0) is 12.4. The summed E-state index contributed by atoms with van der Waals surface area (Å²) >= 11 is 3.29. The molecule has 1 heterocycles. The van der Waals surface area contributed by atoms with Gasteiger partial charge in [-0.15, -0.1) is 0 Å². The van der Waals surface area contributed by atoms with Crippen LogP contribution in [0.5, 0.6) is 0 Å². The van der Waals surface area contributed by atoms with E-state index in [-0.39, 0.29) is 5.91 Å². The van der Waals surface area contributed by atoms with E-state index < -0.39 is 0 Å². The van der Waals surface area contributed by atoms with Gasteiger partial charge in [-0.2, -0.15) is 5.10 Å². The fraction of sp³-hybridized carbons (Fsp3) is 0.0909. The molecule has 0 unspecified atom stereocenters. The average Bonchev–Trinajstić information content (AvgIpc) is 2.68. The van der Waals surface area contributed by atoms with Crippen molar-refractivity contribution in [1.82, 2.24) is 9.78 Å². The van der Waals surface area contributed by atoms with Crippen LogP contribution in [0.2, 0.25) is 0 Å². The molecule has 0 aliphatic carbocycles. The molecule has 2 aromatic rings. The summed E-state index contributed by atoms with van der Waals surface area (Å²) in [6, 6.07) is 6.87. The van der Waals surface area contributed by atoms with Crippen molar-refractivity contribution in [2.24, 2.45) is 7.05 Å². The smallest absolute Gasteiger partial charge is 0.258 e. The van der Waals surface area contributed by atoms with Crippen LogP contribution in [0.4, 0.5) is 11.5 Å². The van der Waals surface area contributed by atoms with Crippen molar-refractivity contribution < 1.29 is 4.79 Å². The van der Waals surface area contributed by atoms with Crippen LogP contribution in [-0.2, 0) is 7.05 Å². The number of nitrogens with one attached hydrogen (secondary N) is 1. The van der Waals surface area contributed by atoms with Crippen molar-refractivity contribution >= 4 is 33.3 Å². The molecule has 0 radical (unpaired) electrons. The minimum Gasteiger partial charge on any atom is -0.398 e. The minimum absolute atomic E-state index is 0.247. The molecule has 6 heteroatoms. The summed E-state index contributed by atoms with van der Waals surface area (Å²) in [5.74, 6) is 0.259. The van der Waals surface area contributed by atoms with E-state index in [0.29, 0.717) is 21.5 Å². The number of hydrogen-bond donors (Lipinski definition) is 2. The van der Waals surface area contributed by atoms with Crippen LogP contribution in [0.25, 0.3) is 0 Å². The van der Waals surface area contributed by atoms with Crippen molar-refractivity contribution in [2.75, 3.05) is 11.1 Å². The quantitative estimate of drug-likeness (QED) is 0.832. The Kier molecular flexibility index (Phi) is 3.14. The Morgan fingerprint density at radius 2 is 2.24 bits per heavy atom. The van der Waals surface area contributed by atoms with Gasteiger partial charge in [0, 0.05) is 25.0 Å². The van der Waals surface area contributed by atoms with Gasteiger partial charge in [0.25, 0.3) is 5.91 Å². The zero-order valence-corrected chi connectivity index (χ0v) is 10.7. The standard InChI is InChI=1S/C11H11BrN4O/c1-16-6-5-9(15-16)14-11(17)7-3-2-4-8(13)10(7)12/h2-6H,13H2,1H3,(H,14,15,17). The lowest BCUT2D eigenvalue weighted by Gasteiger charge is -2.06. The van der Waals surface area contributed by atoms with E-state index in [9.17, 15) is 4.79 Å². The minimum atomic E-state index is -0.247. The first-order valence-corrected chi connectivity index (χ1v) is 5.72. The van der Waals surface area contributed by atoms with Crippen molar-refractivity contribution in [1.29, 1.82) is 0 Å². The maximum absolute atomic E-state index is 12.0. The molecule has 0 aliphatic heterocycles. The van der Waals surface area contributed by atoms with Gasteiger partial charge in [0.15, 0.2) is 5.82 Å². The van der Waals surface area contributed by atoms with Crippen molar-refractivity contribution in [3.8, 4) is 0 Å². The number of amides is 1. The number of carbonyl (C=O) groups is 1. The van der Waals surface area contributed by atoms with Gasteiger partial charge in [0.1, 0.15) is 0 Å². The van der Waals surface area contributed by atoms with Gasteiger partial charge in [0.05, 0.1) is 10.0 Å². The van der Waals surface area contributed by atoms with Crippen LogP contribution < -0.4 is 11.1 Å². The van der Waals surface area contributed by atoms with Crippen LogP contribution >= 0.6 is 15.9 Å². The summed E-state index contributed by atoms with van der Waals surface area (Å²) in [4.78, 5) is 12.0. The molecule has 1 amide bonds. The zero-order valence-electron chi connectivity index (χ0n) is 9.14. The van der Waals surface area contributed by atoms with Crippen LogP contribution in [-0.4, -0.2) is 15.7 Å². The Labute approximate surface area is 107 Å². The van der Waals surface area contributed by atoms with E-state index in [1.807, 2.05) is 0 Å². The van der Waals surface area contributed by atoms with Crippen molar-refractivity contribution in [3.63, 3.8) is 0 Å². The fourth-order valence-electron chi connectivity index (χ4n) is 1.39. The second kappa shape index (κ2) is 4.58. The number of rotatable bonds is 2. The van der Waals surface area contributed by atoms with E-state index >= 15 is 0 Å². The molecule has 0 saturated heterocycles. The molecular formula is C11H11BrN4O. The third-order valence-electron chi connectivity index (χ3n) is 2.23. The Morgan fingerprint density at radius 3 is 2.88 bits per heavy atom. The molecule has 0 atom stereocenters. The highest BCUT2D eigenvalue weighted by Crippen LogP contribution is 2.24. The molecule has 1 aromatic heterocycles. The first kappa shape index (κ1) is 11.7. The van der Waals surface area contributed by atoms with Crippen LogP contribution in [0.3, 0.4) is 0 Å². The normalized spacial score (nSPS) is 10.2. The topological polar surface area (TPSA) is 72.9 Å². The summed E-state index contributed by atoms with van der Waals surface area (Å²) in [7, 11) is 1.78. The first-order chi connectivity index (χ1) is 8.08. The lowest BCUT2D eigenvalue weighted by molar-refractivity contribution is 0.102. The number of hydrogen-bond acceptors (Lipinski definition) is 3. The SMILES string of the molecule is Cn1ccc(NC(=O)c2cccc(N)c2Br)n1. The molecule has 0 spiro atoms. The Balaban J connectivity index is 2.23. The molecule has 0 bridgehead atoms. The van der Waals surface area contributed by atoms with Crippen molar-refractivity contribution in [3.05, 3.63) is 40.5 Å². The molecule has 0 aliphatic rings. The van der Waals surface area contributed by atoms with E-state index in [0.717, 1.165) is 0 Å². The number of halogens is 1. The number of anilines is 2. The highest BCUT2D eigenvalue weighted by atomic mass is 79.9. The molecule has 17 heavy (non-hydrogen) atoms. The number of nitrogens with two attached hydrogens (primary N) is 1. The van der Waals surface area contributed by atoms with E-state index in [1.54, 1.807) is 42.2 Å². The van der Waals surface area contributed by atoms with Gasteiger partial charge in [-0.25, -0.2) is 0 Å². The maximum atomic E-state index is 12.0. The van der Waals surface area contributed by atoms with E-state index in [1.165, 1.54) is 0 Å². The lowest BCUT2D eigenvalue weighted by Crippen LogP contribution is -2.13. The summed E-state index contributed by atoms with van der Waals surface area (Å²) < 4.78 is 2.21. The molecule has 5 nitrogen and oxygen atoms in total. The highest BCUT2D eigenvalue weighted by molar-refractivity contribution is 9.10. The second-order valence-electron chi connectivity index (χ2n) is 3.54. The largest absolute Gasteiger partial charge is 0.398 e. The van der Waals surface area contributed by atoms with Gasteiger partial charge in [-0.3, -0.25) is 9.48 Å². The summed E-state index contributed by atoms with van der Waals surface area (Å²) in [5.41, 5.74) is 6.72. The Bertz CT molecular complexity index is 564. The summed E-state index contributed by atoms with van der Waals surface area (Å²) in [5, 5.41) is 6.76. The van der Waals surface area contributed by atoms with Gasteiger partial charge < -0.3 is 11.1 Å². The fourth-order valence-corrected chi connectivity index (χ4v) is 1.83. The molecule has 0 fully saturated rings. The predicted molar refractivity (Wildman–Crippen MR) is 69.7 cm³/mol. The number of nitrogen functional groups attached to an aromatic ring is 1. The molecule has 88 valence electrons. The van der Waals surface area contributed by atoms with Gasteiger partial charge in [0.2, 0.25) is 0 Å². The monoisotopic (exact) mass is 294 g/mol. The molecule has 1 aromatic carbocycles. The molecule has 2 rings (SSSR count). The van der Waals surface area contributed by atoms with Crippen molar-refractivity contribution in [2.45, 2.75) is 0 Å². The lowest BCUT2D eigenvalue weighted by atomic mass is 10.2. The average molecular weight is 295 g/mol. The maximum Gasteiger partial charge on any atom is 0.258 e. The van der Waals surface area contributed by atoms with Gasteiger partial charge in [-0.1, -0.05) is 6.07 Å². The van der Waals surface area contributed by atoms with Crippen LogP contribution in [0.1, 0.15) is 10.4 Å². The molecule has 0 saturated carbocycles. The Hall–Kier alpha value is -1.82. The van der Waals surface area contributed by atoms with Gasteiger partial charge in [-0.05, 0) is 28.1 Å².